The molecule has 0 bridgehead atoms. The fourth-order valence-corrected chi connectivity index (χ4v) is 2.61. The summed E-state index contributed by atoms with van der Waals surface area (Å²) in [5.74, 6) is 1.02. The van der Waals surface area contributed by atoms with Crippen LogP contribution < -0.4 is 15.4 Å². The number of rotatable bonds is 7. The summed E-state index contributed by atoms with van der Waals surface area (Å²) in [6.07, 6.45) is 1.36. The first kappa shape index (κ1) is 18.7. The van der Waals surface area contributed by atoms with E-state index in [-0.39, 0.29) is 5.91 Å². The zero-order chi connectivity index (χ0) is 19.1. The Bertz CT molecular complexity index is 916. The van der Waals surface area contributed by atoms with Crippen molar-refractivity contribution in [2.45, 2.75) is 13.1 Å². The molecule has 138 valence electrons. The maximum absolute atomic E-state index is 12.4. The summed E-state index contributed by atoms with van der Waals surface area (Å²) in [6.45, 7) is 0.914. The summed E-state index contributed by atoms with van der Waals surface area (Å²) < 4.78 is 5.29. The summed E-state index contributed by atoms with van der Waals surface area (Å²) in [4.78, 5) is 20.6. The molecular weight excluding hydrogens is 364 g/mol. The number of aromatic nitrogens is 2. The lowest BCUT2D eigenvalue weighted by Crippen LogP contribution is -2.24. The van der Waals surface area contributed by atoms with Crippen molar-refractivity contribution in [3.8, 4) is 5.75 Å². The van der Waals surface area contributed by atoms with Crippen LogP contribution in [0, 0.1) is 0 Å². The van der Waals surface area contributed by atoms with E-state index in [0.29, 0.717) is 29.6 Å². The molecule has 0 saturated heterocycles. The number of halogens is 1. The van der Waals surface area contributed by atoms with Crippen LogP contribution in [0.2, 0.25) is 5.02 Å². The van der Waals surface area contributed by atoms with Crippen molar-refractivity contribution < 1.29 is 9.53 Å². The van der Waals surface area contributed by atoms with Crippen LogP contribution in [0.4, 0.5) is 5.82 Å². The molecule has 2 aromatic carbocycles. The van der Waals surface area contributed by atoms with Crippen LogP contribution in [-0.2, 0) is 13.1 Å². The molecule has 1 amide bonds. The fourth-order valence-electron chi connectivity index (χ4n) is 2.49. The van der Waals surface area contributed by atoms with Crippen LogP contribution in [0.25, 0.3) is 0 Å². The van der Waals surface area contributed by atoms with E-state index in [1.807, 2.05) is 48.5 Å². The smallest absolute Gasteiger partial charge is 0.270 e. The Kier molecular flexibility index (Phi) is 6.22. The lowest BCUT2D eigenvalue weighted by Gasteiger charge is -2.10. The van der Waals surface area contributed by atoms with Gasteiger partial charge in [-0.1, -0.05) is 41.9 Å². The van der Waals surface area contributed by atoms with E-state index in [1.165, 1.54) is 6.33 Å². The Morgan fingerprint density at radius 3 is 2.63 bits per heavy atom. The average molecular weight is 383 g/mol. The van der Waals surface area contributed by atoms with Crippen molar-refractivity contribution >= 4 is 23.3 Å². The number of amides is 1. The number of para-hydroxylation sites is 1. The number of nitrogens with one attached hydrogen (secondary N) is 2. The van der Waals surface area contributed by atoms with Gasteiger partial charge in [-0.2, -0.15) is 0 Å². The largest absolute Gasteiger partial charge is 0.496 e. The highest BCUT2D eigenvalue weighted by Gasteiger charge is 2.10. The van der Waals surface area contributed by atoms with Crippen molar-refractivity contribution in [1.29, 1.82) is 0 Å². The number of anilines is 1. The van der Waals surface area contributed by atoms with E-state index >= 15 is 0 Å². The van der Waals surface area contributed by atoms with Crippen LogP contribution in [0.3, 0.4) is 0 Å². The van der Waals surface area contributed by atoms with Crippen molar-refractivity contribution in [2.75, 3.05) is 12.4 Å². The third kappa shape index (κ3) is 5.18. The first-order chi connectivity index (χ1) is 13.2. The van der Waals surface area contributed by atoms with E-state index in [9.17, 15) is 4.79 Å². The number of hydrogen-bond acceptors (Lipinski definition) is 5. The first-order valence-electron chi connectivity index (χ1n) is 8.36. The zero-order valence-corrected chi connectivity index (χ0v) is 15.5. The minimum atomic E-state index is -0.280. The highest BCUT2D eigenvalue weighted by Crippen LogP contribution is 2.17. The number of nitrogens with zero attached hydrogens (tertiary/aromatic N) is 2. The van der Waals surface area contributed by atoms with Gasteiger partial charge >= 0.3 is 0 Å². The first-order valence-corrected chi connectivity index (χ1v) is 8.74. The molecule has 0 unspecified atom stereocenters. The van der Waals surface area contributed by atoms with Crippen molar-refractivity contribution in [1.82, 2.24) is 15.3 Å². The second-order valence-electron chi connectivity index (χ2n) is 5.76. The van der Waals surface area contributed by atoms with Crippen molar-refractivity contribution in [3.05, 3.63) is 82.8 Å². The minimum Gasteiger partial charge on any atom is -0.496 e. The minimum absolute atomic E-state index is 0.280. The third-order valence-electron chi connectivity index (χ3n) is 3.92. The number of ether oxygens (including phenoxy) is 1. The Hall–Kier alpha value is -3.12. The van der Waals surface area contributed by atoms with Crippen LogP contribution in [0.1, 0.15) is 21.6 Å². The molecule has 1 heterocycles. The van der Waals surface area contributed by atoms with Crippen LogP contribution in [0.15, 0.2) is 60.9 Å². The molecular formula is C20H19ClN4O2. The highest BCUT2D eigenvalue weighted by atomic mass is 35.5. The van der Waals surface area contributed by atoms with E-state index in [1.54, 1.807) is 13.2 Å². The summed E-state index contributed by atoms with van der Waals surface area (Å²) in [5.41, 5.74) is 2.24. The van der Waals surface area contributed by atoms with Gasteiger partial charge in [0.25, 0.3) is 5.91 Å². The molecule has 0 atom stereocenters. The predicted molar refractivity (Wildman–Crippen MR) is 105 cm³/mol. The molecule has 6 nitrogen and oxygen atoms in total. The Balaban J connectivity index is 1.60. The van der Waals surface area contributed by atoms with Gasteiger partial charge in [0.1, 0.15) is 23.6 Å². The van der Waals surface area contributed by atoms with Crippen molar-refractivity contribution in [3.63, 3.8) is 0 Å². The van der Waals surface area contributed by atoms with E-state index in [0.717, 1.165) is 16.9 Å². The number of methoxy groups -OCH3 is 1. The van der Waals surface area contributed by atoms with Gasteiger partial charge in [0, 0.05) is 29.7 Å². The molecule has 0 aliphatic heterocycles. The SMILES string of the molecule is COc1ccccc1CNC(=O)c1cc(NCc2ccc(Cl)cc2)ncn1. The van der Waals surface area contributed by atoms with Crippen LogP contribution in [-0.4, -0.2) is 23.0 Å². The molecule has 27 heavy (non-hydrogen) atoms. The summed E-state index contributed by atoms with van der Waals surface area (Å²) in [7, 11) is 1.60. The summed E-state index contributed by atoms with van der Waals surface area (Å²) in [5, 5.41) is 6.71. The van der Waals surface area contributed by atoms with Crippen LogP contribution >= 0.6 is 11.6 Å². The Labute approximate surface area is 162 Å². The van der Waals surface area contributed by atoms with Gasteiger partial charge in [-0.3, -0.25) is 4.79 Å². The number of hydrogen-bond donors (Lipinski definition) is 2. The fraction of sp³-hybridized carbons (Fsp3) is 0.150. The van der Waals surface area contributed by atoms with E-state index in [2.05, 4.69) is 20.6 Å². The average Bonchev–Trinajstić information content (AvgIpc) is 2.72. The molecule has 0 saturated carbocycles. The molecule has 0 fully saturated rings. The number of benzene rings is 2. The number of carbonyl (C=O) groups is 1. The van der Waals surface area contributed by atoms with E-state index in [4.69, 9.17) is 16.3 Å². The second-order valence-corrected chi connectivity index (χ2v) is 6.20. The summed E-state index contributed by atoms with van der Waals surface area (Å²) >= 11 is 5.88. The van der Waals surface area contributed by atoms with Crippen molar-refractivity contribution in [2.24, 2.45) is 0 Å². The van der Waals surface area contributed by atoms with Gasteiger partial charge in [0.15, 0.2) is 0 Å². The van der Waals surface area contributed by atoms with Gasteiger partial charge in [-0.25, -0.2) is 9.97 Å². The Morgan fingerprint density at radius 2 is 1.85 bits per heavy atom. The normalized spacial score (nSPS) is 10.3. The Morgan fingerprint density at radius 1 is 1.07 bits per heavy atom. The van der Waals surface area contributed by atoms with E-state index < -0.39 is 0 Å². The molecule has 0 spiro atoms. The standard InChI is InChI=1S/C20H19ClN4O2/c1-27-18-5-3-2-4-15(18)12-23-20(26)17-10-19(25-13-24-17)22-11-14-6-8-16(21)9-7-14/h2-10,13H,11-12H2,1H3,(H,23,26)(H,22,24,25). The summed E-state index contributed by atoms with van der Waals surface area (Å²) in [6, 6.07) is 16.7. The second kappa shape index (κ2) is 9.00. The maximum Gasteiger partial charge on any atom is 0.270 e. The molecule has 1 aromatic heterocycles. The predicted octanol–water partition coefficient (Wildman–Crippen LogP) is 3.68. The molecule has 2 N–H and O–H groups in total. The number of carbonyl (C=O) groups excluding carboxylic acids is 1. The highest BCUT2D eigenvalue weighted by molar-refractivity contribution is 6.30. The maximum atomic E-state index is 12.4. The van der Waals surface area contributed by atoms with Crippen LogP contribution in [0.5, 0.6) is 5.75 Å². The van der Waals surface area contributed by atoms with Gasteiger partial charge in [-0.15, -0.1) is 0 Å². The topological polar surface area (TPSA) is 76.1 Å². The molecule has 3 aromatic rings. The van der Waals surface area contributed by atoms with Gasteiger partial charge in [-0.05, 0) is 23.8 Å². The third-order valence-corrected chi connectivity index (χ3v) is 4.17. The molecule has 7 heteroatoms. The van der Waals surface area contributed by atoms with Gasteiger partial charge < -0.3 is 15.4 Å². The molecule has 0 aliphatic carbocycles. The quantitative estimate of drug-likeness (QED) is 0.651. The molecule has 3 rings (SSSR count). The molecule has 0 radical (unpaired) electrons. The lowest BCUT2D eigenvalue weighted by atomic mass is 10.2. The zero-order valence-electron chi connectivity index (χ0n) is 14.8. The van der Waals surface area contributed by atoms with Gasteiger partial charge in [0.05, 0.1) is 7.11 Å². The van der Waals surface area contributed by atoms with Gasteiger partial charge in [0.2, 0.25) is 0 Å². The molecule has 0 aliphatic rings. The monoisotopic (exact) mass is 382 g/mol. The lowest BCUT2D eigenvalue weighted by molar-refractivity contribution is 0.0945.